The third-order valence-corrected chi connectivity index (χ3v) is 5.05. The van der Waals surface area contributed by atoms with Gasteiger partial charge in [0.25, 0.3) is 0 Å². The van der Waals surface area contributed by atoms with Crippen LogP contribution in [0.4, 0.5) is 19.0 Å². The van der Waals surface area contributed by atoms with Crippen molar-refractivity contribution in [3.63, 3.8) is 0 Å². The summed E-state index contributed by atoms with van der Waals surface area (Å²) in [7, 11) is 2.93. The van der Waals surface area contributed by atoms with Gasteiger partial charge in [-0.3, -0.25) is 0 Å². The number of aromatic nitrogens is 3. The molecule has 0 atom stereocenters. The van der Waals surface area contributed by atoms with Crippen LogP contribution in [0, 0.1) is 11.3 Å². The minimum atomic E-state index is -4.73. The first-order chi connectivity index (χ1) is 17.1. The molecule has 7 nitrogen and oxygen atoms in total. The average molecular weight is 500 g/mol. The van der Waals surface area contributed by atoms with Crippen LogP contribution in [-0.4, -0.2) is 40.9 Å². The predicted molar refractivity (Wildman–Crippen MR) is 133 cm³/mol. The zero-order chi connectivity index (χ0) is 26.9. The standard InChI is InChI=1S/C26H28F3N5O2/c1-7-9-10-19(13-24(36-6)17(3)35-5)22(8-2)32-25-14-23(20-11-12-21(15-30)31-16-20)33-34(25)18(4)26(27,28)29/h10-14,16H,3-4,7-9H2,1-2,5-6H3/b19-10+,24-13+,32-22+. The number of unbranched alkanes of at least 4 members (excludes halogenated alkanes) is 1. The molecule has 0 spiro atoms. The van der Waals surface area contributed by atoms with Crippen molar-refractivity contribution < 1.29 is 22.6 Å². The van der Waals surface area contributed by atoms with E-state index in [9.17, 15) is 13.2 Å². The van der Waals surface area contributed by atoms with E-state index in [0.29, 0.717) is 45.9 Å². The molecule has 36 heavy (non-hydrogen) atoms. The van der Waals surface area contributed by atoms with Gasteiger partial charge in [0.1, 0.15) is 17.5 Å². The molecule has 0 aliphatic carbocycles. The minimum Gasteiger partial charge on any atom is -0.493 e. The Balaban J connectivity index is 2.71. The number of allylic oxidation sites excluding steroid dienone is 4. The number of rotatable bonds is 11. The Morgan fingerprint density at radius 3 is 2.44 bits per heavy atom. The molecule has 0 aliphatic rings. The molecule has 0 radical (unpaired) electrons. The molecular formula is C26H28F3N5O2. The molecule has 0 amide bonds. The fraction of sp³-hybridized carbons (Fsp3) is 0.308. The number of aliphatic imine (C=N–C) groups is 1. The fourth-order valence-electron chi connectivity index (χ4n) is 3.06. The Labute approximate surface area is 208 Å². The van der Waals surface area contributed by atoms with Crippen molar-refractivity contribution in [2.24, 2.45) is 4.99 Å². The lowest BCUT2D eigenvalue weighted by Gasteiger charge is -2.13. The van der Waals surface area contributed by atoms with Crippen molar-refractivity contribution in [2.45, 2.75) is 39.3 Å². The van der Waals surface area contributed by atoms with E-state index < -0.39 is 11.9 Å². The molecule has 0 saturated carbocycles. The Morgan fingerprint density at radius 1 is 1.22 bits per heavy atom. The zero-order valence-electron chi connectivity index (χ0n) is 20.7. The van der Waals surface area contributed by atoms with Gasteiger partial charge in [0, 0.05) is 23.5 Å². The predicted octanol–water partition coefficient (Wildman–Crippen LogP) is 6.75. The van der Waals surface area contributed by atoms with E-state index in [1.165, 1.54) is 32.5 Å². The van der Waals surface area contributed by atoms with Crippen LogP contribution in [0.3, 0.4) is 0 Å². The molecule has 0 unspecified atom stereocenters. The molecule has 0 fully saturated rings. The lowest BCUT2D eigenvalue weighted by atomic mass is 10.0. The Bertz CT molecular complexity index is 1230. The Kier molecular flexibility index (Phi) is 9.79. The minimum absolute atomic E-state index is 0.0612. The van der Waals surface area contributed by atoms with Gasteiger partial charge in [-0.2, -0.15) is 23.5 Å². The van der Waals surface area contributed by atoms with Crippen molar-refractivity contribution in [2.75, 3.05) is 14.2 Å². The number of hydrogen-bond acceptors (Lipinski definition) is 6. The van der Waals surface area contributed by atoms with E-state index in [1.54, 1.807) is 12.1 Å². The second kappa shape index (κ2) is 12.5. The smallest absolute Gasteiger partial charge is 0.432 e. The van der Waals surface area contributed by atoms with Gasteiger partial charge in [-0.1, -0.05) is 39.5 Å². The summed E-state index contributed by atoms with van der Waals surface area (Å²) in [5.41, 5.74) is 0.769. The number of ether oxygens (including phenoxy) is 2. The summed E-state index contributed by atoms with van der Waals surface area (Å²) >= 11 is 0. The number of nitriles is 1. The van der Waals surface area contributed by atoms with Gasteiger partial charge < -0.3 is 9.47 Å². The number of halogens is 3. The molecule has 0 saturated heterocycles. The number of methoxy groups -OCH3 is 2. The van der Waals surface area contributed by atoms with Crippen LogP contribution < -0.4 is 0 Å². The number of alkyl halides is 3. The van der Waals surface area contributed by atoms with Gasteiger partial charge in [-0.25, -0.2) is 14.7 Å². The molecule has 2 rings (SSSR count). The topological polar surface area (TPSA) is 85.3 Å². The first-order valence-electron chi connectivity index (χ1n) is 11.1. The molecule has 190 valence electrons. The monoisotopic (exact) mass is 499 g/mol. The Hall–Kier alpha value is -4.13. The van der Waals surface area contributed by atoms with Gasteiger partial charge in [0.05, 0.1) is 19.9 Å². The molecule has 0 bridgehead atoms. The third-order valence-electron chi connectivity index (χ3n) is 5.05. The number of pyridine rings is 1. The molecule has 2 aromatic rings. The summed E-state index contributed by atoms with van der Waals surface area (Å²) < 4.78 is 52.0. The Morgan fingerprint density at radius 2 is 1.94 bits per heavy atom. The summed E-state index contributed by atoms with van der Waals surface area (Å²) in [6, 6.07) is 6.33. The van der Waals surface area contributed by atoms with Crippen LogP contribution >= 0.6 is 0 Å². The first kappa shape index (κ1) is 28.1. The molecular weight excluding hydrogens is 471 g/mol. The van der Waals surface area contributed by atoms with Crippen molar-refractivity contribution in [3.05, 3.63) is 72.5 Å². The van der Waals surface area contributed by atoms with Gasteiger partial charge >= 0.3 is 6.18 Å². The van der Waals surface area contributed by atoms with E-state index in [1.807, 2.05) is 26.0 Å². The maximum absolute atomic E-state index is 13.6. The van der Waals surface area contributed by atoms with Gasteiger partial charge in [-0.05, 0) is 36.6 Å². The summed E-state index contributed by atoms with van der Waals surface area (Å²) in [6.07, 6.45) is 2.21. The zero-order valence-corrected chi connectivity index (χ0v) is 20.7. The molecule has 2 aromatic heterocycles. The van der Waals surface area contributed by atoms with E-state index in [0.717, 1.165) is 6.42 Å². The second-order valence-corrected chi connectivity index (χ2v) is 7.49. The molecule has 0 aliphatic heterocycles. The van der Waals surface area contributed by atoms with Crippen molar-refractivity contribution in [1.29, 1.82) is 5.26 Å². The number of nitrogens with zero attached hydrogens (tertiary/aromatic N) is 5. The number of hydrogen-bond donors (Lipinski definition) is 0. The molecule has 10 heteroatoms. The lowest BCUT2D eigenvalue weighted by molar-refractivity contribution is -0.0739. The third kappa shape index (κ3) is 6.95. The van der Waals surface area contributed by atoms with E-state index in [4.69, 9.17) is 14.7 Å². The van der Waals surface area contributed by atoms with E-state index in [-0.39, 0.29) is 17.2 Å². The van der Waals surface area contributed by atoms with E-state index >= 15 is 0 Å². The lowest BCUT2D eigenvalue weighted by Crippen LogP contribution is -2.16. The van der Waals surface area contributed by atoms with Crippen LogP contribution in [0.5, 0.6) is 0 Å². The average Bonchev–Trinajstić information content (AvgIpc) is 3.29. The molecule has 0 N–H and O–H groups in total. The summed E-state index contributed by atoms with van der Waals surface area (Å²) in [4.78, 5) is 8.53. The highest BCUT2D eigenvalue weighted by Gasteiger charge is 2.35. The van der Waals surface area contributed by atoms with Crippen LogP contribution in [0.2, 0.25) is 0 Å². The van der Waals surface area contributed by atoms with Crippen molar-refractivity contribution >= 4 is 17.2 Å². The van der Waals surface area contributed by atoms with Gasteiger partial charge in [0.15, 0.2) is 17.3 Å². The molecule has 2 heterocycles. The van der Waals surface area contributed by atoms with Crippen LogP contribution in [0.25, 0.3) is 17.0 Å². The molecule has 0 aromatic carbocycles. The van der Waals surface area contributed by atoms with Gasteiger partial charge in [0.2, 0.25) is 0 Å². The van der Waals surface area contributed by atoms with Gasteiger partial charge in [-0.15, -0.1) is 0 Å². The fourth-order valence-corrected chi connectivity index (χ4v) is 3.06. The SMILES string of the molecule is C=C(OC)\C(=C/C(=C\CCC)C(/CC)=N/c1cc(-c2ccc(C#N)nc2)nn1C(=C)C(F)(F)F)OC. The van der Waals surface area contributed by atoms with Crippen LogP contribution in [0.15, 0.2) is 71.8 Å². The van der Waals surface area contributed by atoms with Crippen molar-refractivity contribution in [1.82, 2.24) is 14.8 Å². The normalized spacial score (nSPS) is 12.8. The highest BCUT2D eigenvalue weighted by Crippen LogP contribution is 2.34. The highest BCUT2D eigenvalue weighted by atomic mass is 19.4. The summed E-state index contributed by atoms with van der Waals surface area (Å²) in [5, 5.41) is 13.1. The quantitative estimate of drug-likeness (QED) is 0.194. The second-order valence-electron chi connectivity index (χ2n) is 7.49. The van der Waals surface area contributed by atoms with E-state index in [2.05, 4.69) is 28.2 Å². The first-order valence-corrected chi connectivity index (χ1v) is 11.1. The summed E-state index contributed by atoms with van der Waals surface area (Å²) in [5.74, 6) is 0.592. The van der Waals surface area contributed by atoms with Crippen LogP contribution in [0.1, 0.15) is 38.8 Å². The van der Waals surface area contributed by atoms with Crippen LogP contribution in [-0.2, 0) is 9.47 Å². The van der Waals surface area contributed by atoms with Crippen molar-refractivity contribution in [3.8, 4) is 17.3 Å². The largest absolute Gasteiger partial charge is 0.493 e. The highest BCUT2D eigenvalue weighted by molar-refractivity contribution is 6.04. The summed E-state index contributed by atoms with van der Waals surface area (Å²) in [6.45, 7) is 10.8. The maximum atomic E-state index is 13.6. The maximum Gasteiger partial charge on any atom is 0.432 e.